The third kappa shape index (κ3) is 2.58. The SMILES string of the molecule is O=C1C=C(c2ccc(F)cc2)C(=O)N1Nc1ccc(F)cc1. The summed E-state index contributed by atoms with van der Waals surface area (Å²) < 4.78 is 25.8. The molecule has 1 aliphatic heterocycles. The molecule has 2 aromatic carbocycles. The fourth-order valence-corrected chi connectivity index (χ4v) is 2.07. The molecule has 0 atom stereocenters. The van der Waals surface area contributed by atoms with E-state index in [0.29, 0.717) is 11.3 Å². The van der Waals surface area contributed by atoms with Crippen LogP contribution in [0.5, 0.6) is 0 Å². The van der Waals surface area contributed by atoms with Crippen LogP contribution in [0.25, 0.3) is 5.57 Å². The van der Waals surface area contributed by atoms with Crippen LogP contribution < -0.4 is 5.43 Å². The van der Waals surface area contributed by atoms with E-state index in [9.17, 15) is 18.4 Å². The van der Waals surface area contributed by atoms with E-state index in [1.807, 2.05) is 0 Å². The summed E-state index contributed by atoms with van der Waals surface area (Å²) in [5.74, 6) is -1.95. The van der Waals surface area contributed by atoms with Crippen molar-refractivity contribution < 1.29 is 18.4 Å². The summed E-state index contributed by atoms with van der Waals surface area (Å²) in [7, 11) is 0. The predicted octanol–water partition coefficient (Wildman–Crippen LogP) is 2.74. The molecule has 2 amide bonds. The maximum Gasteiger partial charge on any atom is 0.280 e. The van der Waals surface area contributed by atoms with E-state index in [0.717, 1.165) is 5.01 Å². The first-order chi connectivity index (χ1) is 10.5. The Morgan fingerprint density at radius 3 is 1.95 bits per heavy atom. The highest BCUT2D eigenvalue weighted by molar-refractivity contribution is 6.33. The van der Waals surface area contributed by atoms with Crippen LogP contribution in [-0.4, -0.2) is 16.8 Å². The van der Waals surface area contributed by atoms with Crippen molar-refractivity contribution in [1.82, 2.24) is 5.01 Å². The number of imide groups is 1. The number of anilines is 1. The van der Waals surface area contributed by atoms with Gasteiger partial charge in [0.2, 0.25) is 0 Å². The highest BCUT2D eigenvalue weighted by atomic mass is 19.1. The molecule has 110 valence electrons. The number of hydrogen-bond donors (Lipinski definition) is 1. The van der Waals surface area contributed by atoms with Gasteiger partial charge in [-0.25, -0.2) is 8.78 Å². The highest BCUT2D eigenvalue weighted by Gasteiger charge is 2.32. The van der Waals surface area contributed by atoms with Crippen molar-refractivity contribution in [2.24, 2.45) is 0 Å². The van der Waals surface area contributed by atoms with Crippen LogP contribution in [0.1, 0.15) is 5.56 Å². The van der Waals surface area contributed by atoms with Gasteiger partial charge in [0, 0.05) is 6.08 Å². The van der Waals surface area contributed by atoms with Gasteiger partial charge in [0.25, 0.3) is 11.8 Å². The molecule has 6 heteroatoms. The lowest BCUT2D eigenvalue weighted by molar-refractivity contribution is -0.134. The zero-order valence-electron chi connectivity index (χ0n) is 11.2. The maximum atomic E-state index is 12.9. The maximum absolute atomic E-state index is 12.9. The summed E-state index contributed by atoms with van der Waals surface area (Å²) in [6.07, 6.45) is 1.17. The number of nitrogens with one attached hydrogen (secondary N) is 1. The van der Waals surface area contributed by atoms with Crippen LogP contribution >= 0.6 is 0 Å². The molecule has 2 aromatic rings. The Morgan fingerprint density at radius 1 is 0.818 bits per heavy atom. The van der Waals surface area contributed by atoms with Crippen LogP contribution in [0.15, 0.2) is 54.6 Å². The average Bonchev–Trinajstić information content (AvgIpc) is 2.78. The molecule has 0 spiro atoms. The second-order valence-electron chi connectivity index (χ2n) is 4.66. The number of nitrogens with zero attached hydrogens (tertiary/aromatic N) is 1. The van der Waals surface area contributed by atoms with Crippen LogP contribution in [0, 0.1) is 11.6 Å². The monoisotopic (exact) mass is 300 g/mol. The molecule has 0 fully saturated rings. The molecule has 0 bridgehead atoms. The largest absolute Gasteiger partial charge is 0.288 e. The third-order valence-electron chi connectivity index (χ3n) is 3.16. The van der Waals surface area contributed by atoms with Crippen molar-refractivity contribution in [3.8, 4) is 0 Å². The van der Waals surface area contributed by atoms with Gasteiger partial charge in [0.05, 0.1) is 11.3 Å². The van der Waals surface area contributed by atoms with Gasteiger partial charge in [-0.3, -0.25) is 15.0 Å². The van der Waals surface area contributed by atoms with Crippen molar-refractivity contribution in [3.05, 3.63) is 71.8 Å². The van der Waals surface area contributed by atoms with Crippen molar-refractivity contribution >= 4 is 23.1 Å². The number of halogens is 2. The van der Waals surface area contributed by atoms with Crippen LogP contribution in [0.2, 0.25) is 0 Å². The van der Waals surface area contributed by atoms with Crippen LogP contribution in [-0.2, 0) is 9.59 Å². The van der Waals surface area contributed by atoms with E-state index in [-0.39, 0.29) is 5.57 Å². The van der Waals surface area contributed by atoms with Gasteiger partial charge in [0.1, 0.15) is 11.6 Å². The number of carbonyl (C=O) groups is 2. The van der Waals surface area contributed by atoms with Crippen LogP contribution in [0.3, 0.4) is 0 Å². The quantitative estimate of drug-likeness (QED) is 0.887. The Labute approximate surface area is 124 Å². The molecule has 0 aliphatic carbocycles. The molecule has 4 nitrogen and oxygen atoms in total. The molecule has 1 heterocycles. The molecule has 22 heavy (non-hydrogen) atoms. The second-order valence-corrected chi connectivity index (χ2v) is 4.66. The zero-order valence-corrected chi connectivity index (χ0v) is 11.2. The van der Waals surface area contributed by atoms with E-state index in [1.165, 1.54) is 54.6 Å². The first-order valence-electron chi connectivity index (χ1n) is 6.43. The van der Waals surface area contributed by atoms with Gasteiger partial charge < -0.3 is 0 Å². The topological polar surface area (TPSA) is 49.4 Å². The summed E-state index contributed by atoms with van der Waals surface area (Å²) in [6.45, 7) is 0. The van der Waals surface area contributed by atoms with E-state index < -0.39 is 23.4 Å². The summed E-state index contributed by atoms with van der Waals surface area (Å²) in [6, 6.07) is 10.5. The molecule has 0 saturated carbocycles. The normalized spacial score (nSPS) is 14.3. The smallest absolute Gasteiger partial charge is 0.280 e. The molecule has 1 N–H and O–H groups in total. The van der Waals surface area contributed by atoms with Gasteiger partial charge in [-0.1, -0.05) is 12.1 Å². The van der Waals surface area contributed by atoms with Gasteiger partial charge in [-0.05, 0) is 42.0 Å². The minimum Gasteiger partial charge on any atom is -0.288 e. The molecule has 0 aromatic heterocycles. The number of hydrogen-bond acceptors (Lipinski definition) is 3. The second kappa shape index (κ2) is 5.40. The number of carbonyl (C=O) groups excluding carboxylic acids is 2. The lowest BCUT2D eigenvalue weighted by Crippen LogP contribution is -2.36. The minimum atomic E-state index is -0.555. The Morgan fingerprint density at radius 2 is 1.36 bits per heavy atom. The lowest BCUT2D eigenvalue weighted by atomic mass is 10.1. The Bertz CT molecular complexity index is 768. The zero-order chi connectivity index (χ0) is 15.7. The van der Waals surface area contributed by atoms with Crippen molar-refractivity contribution in [2.75, 3.05) is 5.43 Å². The Kier molecular flexibility index (Phi) is 3.42. The van der Waals surface area contributed by atoms with Crippen molar-refractivity contribution in [2.45, 2.75) is 0 Å². The van der Waals surface area contributed by atoms with E-state index in [2.05, 4.69) is 5.43 Å². The van der Waals surface area contributed by atoms with Gasteiger partial charge in [0.15, 0.2) is 0 Å². The average molecular weight is 300 g/mol. The fraction of sp³-hybridized carbons (Fsp3) is 0. The highest BCUT2D eigenvalue weighted by Crippen LogP contribution is 2.24. The molecule has 1 aliphatic rings. The van der Waals surface area contributed by atoms with E-state index in [1.54, 1.807) is 0 Å². The van der Waals surface area contributed by atoms with E-state index >= 15 is 0 Å². The van der Waals surface area contributed by atoms with Crippen molar-refractivity contribution in [1.29, 1.82) is 0 Å². The molecule has 0 saturated heterocycles. The lowest BCUT2D eigenvalue weighted by Gasteiger charge is -2.17. The van der Waals surface area contributed by atoms with Gasteiger partial charge in [-0.2, -0.15) is 5.01 Å². The predicted molar refractivity (Wildman–Crippen MR) is 76.3 cm³/mol. The van der Waals surface area contributed by atoms with Gasteiger partial charge in [-0.15, -0.1) is 0 Å². The van der Waals surface area contributed by atoms with Crippen molar-refractivity contribution in [3.63, 3.8) is 0 Å². The molecule has 3 rings (SSSR count). The fourth-order valence-electron chi connectivity index (χ4n) is 2.07. The molecular formula is C16H10F2N2O2. The first-order valence-corrected chi connectivity index (χ1v) is 6.43. The number of rotatable bonds is 3. The number of benzene rings is 2. The molecule has 0 radical (unpaired) electrons. The Balaban J connectivity index is 1.82. The molecule has 0 unspecified atom stereocenters. The third-order valence-corrected chi connectivity index (χ3v) is 3.16. The summed E-state index contributed by atoms with van der Waals surface area (Å²) in [5.41, 5.74) is 3.63. The van der Waals surface area contributed by atoms with Gasteiger partial charge >= 0.3 is 0 Å². The number of hydrazine groups is 1. The summed E-state index contributed by atoms with van der Waals surface area (Å²) >= 11 is 0. The first kappa shape index (κ1) is 13.9. The minimum absolute atomic E-state index is 0.166. The molecular weight excluding hydrogens is 290 g/mol. The van der Waals surface area contributed by atoms with Crippen LogP contribution in [0.4, 0.5) is 14.5 Å². The Hall–Kier alpha value is -3.02. The standard InChI is InChI=1S/C16H10F2N2O2/c17-11-3-1-10(2-4-11)14-9-15(21)20(16(14)22)19-13-7-5-12(18)6-8-13/h1-9,19H. The summed E-state index contributed by atoms with van der Waals surface area (Å²) in [5, 5.41) is 0.825. The number of amides is 2. The summed E-state index contributed by atoms with van der Waals surface area (Å²) in [4.78, 5) is 24.2. The van der Waals surface area contributed by atoms with E-state index in [4.69, 9.17) is 0 Å².